The third-order valence-corrected chi connectivity index (χ3v) is 5.73. The second-order valence-electron chi connectivity index (χ2n) is 7.60. The Kier molecular flexibility index (Phi) is 5.95. The third kappa shape index (κ3) is 4.34. The molecule has 5 rings (SSSR count). The number of carbonyl (C=O) groups is 1. The van der Waals surface area contributed by atoms with Crippen molar-refractivity contribution < 1.29 is 9.53 Å². The molecule has 0 amide bonds. The Morgan fingerprint density at radius 3 is 2.49 bits per heavy atom. The first kappa shape index (κ1) is 22.2. The lowest BCUT2D eigenvalue weighted by atomic mass is 10.1. The van der Waals surface area contributed by atoms with Gasteiger partial charge in [-0.15, -0.1) is 5.10 Å². The largest absolute Gasteiger partial charge is 0.497 e. The van der Waals surface area contributed by atoms with Gasteiger partial charge in [-0.1, -0.05) is 23.7 Å². The van der Waals surface area contributed by atoms with Gasteiger partial charge in [0.2, 0.25) is 5.43 Å². The molecule has 0 saturated heterocycles. The van der Waals surface area contributed by atoms with Crippen molar-refractivity contribution in [2.75, 3.05) is 7.11 Å². The average molecular weight is 484 g/mol. The standard InChI is InChI=1S/C26H18ClN5O3/c1-35-20-12-6-17(7-13-20)24(33)14-15-31-16-22(25(34)21-4-2-3-5-23(21)31)26-28-29-30-32(26)19-10-8-18(27)9-11-19/h2-16H,1H3/b15-14+. The number of ether oxygens (including phenoxy) is 1. The highest BCUT2D eigenvalue weighted by molar-refractivity contribution is 6.30. The van der Waals surface area contributed by atoms with Crippen LogP contribution in [0.2, 0.25) is 5.02 Å². The molecule has 3 aromatic carbocycles. The highest BCUT2D eigenvalue weighted by Gasteiger charge is 2.17. The highest BCUT2D eigenvalue weighted by Crippen LogP contribution is 2.22. The van der Waals surface area contributed by atoms with Gasteiger partial charge in [-0.05, 0) is 71.1 Å². The van der Waals surface area contributed by atoms with E-state index in [4.69, 9.17) is 16.3 Å². The van der Waals surface area contributed by atoms with Crippen molar-refractivity contribution in [2.24, 2.45) is 0 Å². The van der Waals surface area contributed by atoms with Gasteiger partial charge in [-0.3, -0.25) is 9.59 Å². The van der Waals surface area contributed by atoms with Crippen LogP contribution in [-0.4, -0.2) is 37.7 Å². The van der Waals surface area contributed by atoms with E-state index in [9.17, 15) is 9.59 Å². The van der Waals surface area contributed by atoms with E-state index in [2.05, 4.69) is 15.5 Å². The highest BCUT2D eigenvalue weighted by atomic mass is 35.5. The van der Waals surface area contributed by atoms with Crippen molar-refractivity contribution in [3.8, 4) is 22.8 Å². The van der Waals surface area contributed by atoms with E-state index in [-0.39, 0.29) is 22.6 Å². The fourth-order valence-electron chi connectivity index (χ4n) is 3.70. The lowest BCUT2D eigenvalue weighted by Gasteiger charge is -2.10. The van der Waals surface area contributed by atoms with Crippen LogP contribution in [0.4, 0.5) is 0 Å². The number of allylic oxidation sites excluding steroid dienone is 1. The Balaban J connectivity index is 1.60. The number of halogens is 1. The summed E-state index contributed by atoms with van der Waals surface area (Å²) in [5.41, 5.74) is 1.87. The summed E-state index contributed by atoms with van der Waals surface area (Å²) in [6.45, 7) is 0. The fourth-order valence-corrected chi connectivity index (χ4v) is 3.82. The number of rotatable bonds is 6. The predicted octanol–water partition coefficient (Wildman–Crippen LogP) is 4.66. The smallest absolute Gasteiger partial charge is 0.200 e. The second-order valence-corrected chi connectivity index (χ2v) is 8.03. The number of tetrazole rings is 1. The Morgan fingerprint density at radius 1 is 1.00 bits per heavy atom. The number of hydrogen-bond donors (Lipinski definition) is 0. The van der Waals surface area contributed by atoms with Gasteiger partial charge < -0.3 is 9.30 Å². The molecule has 172 valence electrons. The summed E-state index contributed by atoms with van der Waals surface area (Å²) in [4.78, 5) is 26.1. The second kappa shape index (κ2) is 9.36. The molecule has 0 unspecified atom stereocenters. The predicted molar refractivity (Wildman–Crippen MR) is 134 cm³/mol. The zero-order valence-corrected chi connectivity index (χ0v) is 19.3. The first-order valence-electron chi connectivity index (χ1n) is 10.6. The summed E-state index contributed by atoms with van der Waals surface area (Å²) >= 11 is 6.01. The number of para-hydroxylation sites is 1. The number of hydrogen-bond acceptors (Lipinski definition) is 6. The van der Waals surface area contributed by atoms with Gasteiger partial charge in [0.1, 0.15) is 5.75 Å². The number of carbonyl (C=O) groups excluding carboxylic acids is 1. The molecule has 0 atom stereocenters. The zero-order valence-electron chi connectivity index (χ0n) is 18.5. The average Bonchev–Trinajstić information content (AvgIpc) is 3.38. The van der Waals surface area contributed by atoms with Crippen LogP contribution in [0, 0.1) is 0 Å². The van der Waals surface area contributed by atoms with Crippen LogP contribution >= 0.6 is 11.6 Å². The van der Waals surface area contributed by atoms with Gasteiger partial charge in [0, 0.05) is 34.4 Å². The van der Waals surface area contributed by atoms with Crippen LogP contribution in [0.15, 0.2) is 89.9 Å². The lowest BCUT2D eigenvalue weighted by molar-refractivity contribution is 0.104. The Labute approximate surface area is 204 Å². The van der Waals surface area contributed by atoms with Crippen molar-refractivity contribution in [2.45, 2.75) is 0 Å². The van der Waals surface area contributed by atoms with E-state index >= 15 is 0 Å². The third-order valence-electron chi connectivity index (χ3n) is 5.48. The maximum absolute atomic E-state index is 13.4. The first-order chi connectivity index (χ1) is 17.0. The Hall–Kier alpha value is -4.56. The minimum absolute atomic E-state index is 0.192. The van der Waals surface area contributed by atoms with E-state index in [1.165, 1.54) is 10.8 Å². The molecule has 9 heteroatoms. The Bertz CT molecular complexity index is 1620. The normalized spacial score (nSPS) is 11.3. The monoisotopic (exact) mass is 483 g/mol. The number of fused-ring (bicyclic) bond motifs is 1. The quantitative estimate of drug-likeness (QED) is 0.257. The topological polar surface area (TPSA) is 91.9 Å². The molecule has 35 heavy (non-hydrogen) atoms. The van der Waals surface area contributed by atoms with Crippen molar-refractivity contribution in [3.05, 3.63) is 106 Å². The molecule has 0 aliphatic heterocycles. The van der Waals surface area contributed by atoms with E-state index in [0.29, 0.717) is 32.9 Å². The van der Waals surface area contributed by atoms with E-state index in [0.717, 1.165) is 0 Å². The van der Waals surface area contributed by atoms with Gasteiger partial charge in [0.25, 0.3) is 0 Å². The van der Waals surface area contributed by atoms with E-state index in [1.807, 2.05) is 12.1 Å². The molecule has 0 aliphatic carbocycles. The van der Waals surface area contributed by atoms with Gasteiger partial charge in [-0.2, -0.15) is 4.68 Å². The van der Waals surface area contributed by atoms with Crippen LogP contribution in [0.1, 0.15) is 10.4 Å². The van der Waals surface area contributed by atoms with E-state index in [1.54, 1.807) is 84.7 Å². The number of pyridine rings is 1. The zero-order chi connectivity index (χ0) is 24.4. The molecule has 2 aromatic heterocycles. The van der Waals surface area contributed by atoms with Crippen LogP contribution in [0.3, 0.4) is 0 Å². The molecule has 5 aromatic rings. The van der Waals surface area contributed by atoms with Crippen LogP contribution < -0.4 is 10.2 Å². The maximum atomic E-state index is 13.4. The number of benzene rings is 3. The maximum Gasteiger partial charge on any atom is 0.200 e. The Morgan fingerprint density at radius 2 is 1.74 bits per heavy atom. The van der Waals surface area contributed by atoms with Crippen molar-refractivity contribution >= 4 is 34.5 Å². The fraction of sp³-hybridized carbons (Fsp3) is 0.0385. The van der Waals surface area contributed by atoms with E-state index < -0.39 is 0 Å². The summed E-state index contributed by atoms with van der Waals surface area (Å²) < 4.78 is 8.33. The minimum atomic E-state index is -0.225. The molecule has 0 bridgehead atoms. The molecular formula is C26H18ClN5O3. The number of ketones is 1. The van der Waals surface area contributed by atoms with Gasteiger partial charge in [0.05, 0.1) is 23.9 Å². The van der Waals surface area contributed by atoms with Crippen molar-refractivity contribution in [1.29, 1.82) is 0 Å². The first-order valence-corrected chi connectivity index (χ1v) is 11.0. The summed E-state index contributed by atoms with van der Waals surface area (Å²) in [5.74, 6) is 0.745. The molecule has 0 fully saturated rings. The minimum Gasteiger partial charge on any atom is -0.497 e. The van der Waals surface area contributed by atoms with Crippen molar-refractivity contribution in [3.63, 3.8) is 0 Å². The number of nitrogens with zero attached hydrogens (tertiary/aromatic N) is 5. The van der Waals surface area contributed by atoms with Gasteiger partial charge >= 0.3 is 0 Å². The summed E-state index contributed by atoms with van der Waals surface area (Å²) in [6.07, 6.45) is 4.69. The molecule has 0 aliphatic rings. The molecule has 0 spiro atoms. The summed E-state index contributed by atoms with van der Waals surface area (Å²) in [5, 5.41) is 13.0. The molecular weight excluding hydrogens is 466 g/mol. The molecule has 0 radical (unpaired) electrons. The number of aromatic nitrogens is 5. The SMILES string of the molecule is COc1ccc(C(=O)/C=C/n2cc(-c3nnnn3-c3ccc(Cl)cc3)c(=O)c3ccccc32)cc1. The molecule has 8 nitrogen and oxygen atoms in total. The van der Waals surface area contributed by atoms with Crippen LogP contribution in [0.25, 0.3) is 34.2 Å². The van der Waals surface area contributed by atoms with Gasteiger partial charge in [0.15, 0.2) is 11.6 Å². The van der Waals surface area contributed by atoms with Crippen LogP contribution in [0.5, 0.6) is 5.75 Å². The molecule has 0 N–H and O–H groups in total. The van der Waals surface area contributed by atoms with Gasteiger partial charge in [-0.25, -0.2) is 0 Å². The van der Waals surface area contributed by atoms with Crippen LogP contribution in [-0.2, 0) is 0 Å². The number of methoxy groups -OCH3 is 1. The molecule has 2 heterocycles. The summed E-state index contributed by atoms with van der Waals surface area (Å²) in [6, 6.07) is 20.9. The summed E-state index contributed by atoms with van der Waals surface area (Å²) in [7, 11) is 1.57. The van der Waals surface area contributed by atoms with Crippen molar-refractivity contribution in [1.82, 2.24) is 24.8 Å². The lowest BCUT2D eigenvalue weighted by Crippen LogP contribution is -2.13. The molecule has 0 saturated carbocycles.